The first kappa shape index (κ1) is 13.6. The molecule has 0 amide bonds. The number of piperidine rings is 1. The quantitative estimate of drug-likeness (QED) is 0.795. The lowest BCUT2D eigenvalue weighted by molar-refractivity contribution is -0.160. The van der Waals surface area contributed by atoms with Gasteiger partial charge in [-0.15, -0.1) is 0 Å². The van der Waals surface area contributed by atoms with Gasteiger partial charge in [-0.3, -0.25) is 9.69 Å². The van der Waals surface area contributed by atoms with Crippen LogP contribution in [0.15, 0.2) is 30.3 Å². The highest BCUT2D eigenvalue weighted by Crippen LogP contribution is 2.44. The second-order valence-electron chi connectivity index (χ2n) is 5.59. The van der Waals surface area contributed by atoms with Crippen molar-refractivity contribution in [3.8, 4) is 0 Å². The van der Waals surface area contributed by atoms with Crippen LogP contribution in [0.5, 0.6) is 0 Å². The number of nitrogens with zero attached hydrogens (tertiary/aromatic N) is 1. The van der Waals surface area contributed by atoms with E-state index < -0.39 is 5.72 Å². The van der Waals surface area contributed by atoms with Gasteiger partial charge in [-0.25, -0.2) is 0 Å². The van der Waals surface area contributed by atoms with Crippen molar-refractivity contribution in [3.63, 3.8) is 0 Å². The van der Waals surface area contributed by atoms with E-state index in [1.165, 1.54) is 12.7 Å². The van der Waals surface area contributed by atoms with Crippen molar-refractivity contribution < 1.29 is 14.3 Å². The van der Waals surface area contributed by atoms with Gasteiger partial charge in [0.05, 0.1) is 26.2 Å². The molecule has 20 heavy (non-hydrogen) atoms. The average molecular weight is 275 g/mol. The SMILES string of the molecule is COC(=O)CC12CCCCN1[C@@H](c1ccccc1)CO2. The van der Waals surface area contributed by atoms with E-state index in [1.807, 2.05) is 6.07 Å². The molecule has 2 saturated heterocycles. The molecule has 2 aliphatic rings. The normalized spacial score (nSPS) is 29.9. The van der Waals surface area contributed by atoms with Gasteiger partial charge in [0.2, 0.25) is 0 Å². The molecule has 2 atom stereocenters. The van der Waals surface area contributed by atoms with Crippen LogP contribution >= 0.6 is 0 Å². The van der Waals surface area contributed by atoms with Crippen molar-refractivity contribution in [2.75, 3.05) is 20.3 Å². The lowest BCUT2D eigenvalue weighted by atomic mass is 9.93. The van der Waals surface area contributed by atoms with Gasteiger partial charge in [0, 0.05) is 6.54 Å². The molecule has 2 aliphatic heterocycles. The molecule has 1 unspecified atom stereocenters. The molecule has 0 radical (unpaired) electrons. The van der Waals surface area contributed by atoms with Gasteiger partial charge in [0.15, 0.2) is 0 Å². The smallest absolute Gasteiger partial charge is 0.309 e. The molecule has 3 rings (SSSR count). The number of esters is 1. The molecule has 4 nitrogen and oxygen atoms in total. The van der Waals surface area contributed by atoms with Crippen LogP contribution in [0.4, 0.5) is 0 Å². The molecule has 1 aromatic rings. The summed E-state index contributed by atoms with van der Waals surface area (Å²) in [5.74, 6) is -0.189. The third-order valence-electron chi connectivity index (χ3n) is 4.46. The Hall–Kier alpha value is -1.39. The fourth-order valence-corrected chi connectivity index (χ4v) is 3.44. The molecule has 4 heteroatoms. The van der Waals surface area contributed by atoms with Crippen LogP contribution < -0.4 is 0 Å². The van der Waals surface area contributed by atoms with Crippen LogP contribution in [-0.4, -0.2) is 36.9 Å². The molecule has 0 aliphatic carbocycles. The summed E-state index contributed by atoms with van der Waals surface area (Å²) >= 11 is 0. The van der Waals surface area contributed by atoms with Crippen molar-refractivity contribution >= 4 is 5.97 Å². The molecular formula is C16H21NO3. The number of methoxy groups -OCH3 is 1. The Labute approximate surface area is 119 Å². The van der Waals surface area contributed by atoms with Crippen molar-refractivity contribution in [1.82, 2.24) is 4.90 Å². The zero-order valence-electron chi connectivity index (χ0n) is 11.9. The van der Waals surface area contributed by atoms with Crippen LogP contribution in [0.1, 0.15) is 37.3 Å². The molecule has 2 heterocycles. The highest BCUT2D eigenvalue weighted by molar-refractivity contribution is 5.70. The van der Waals surface area contributed by atoms with E-state index in [9.17, 15) is 4.79 Å². The number of fused-ring (bicyclic) bond motifs is 1. The van der Waals surface area contributed by atoms with E-state index in [1.54, 1.807) is 0 Å². The largest absolute Gasteiger partial charge is 0.469 e. The maximum Gasteiger partial charge on any atom is 0.309 e. The maximum absolute atomic E-state index is 11.7. The minimum atomic E-state index is -0.453. The highest BCUT2D eigenvalue weighted by Gasteiger charge is 2.50. The summed E-state index contributed by atoms with van der Waals surface area (Å²) in [6.45, 7) is 1.64. The molecular weight excluding hydrogens is 254 g/mol. The Bertz CT molecular complexity index is 476. The predicted molar refractivity (Wildman–Crippen MR) is 75.1 cm³/mol. The van der Waals surface area contributed by atoms with E-state index in [2.05, 4.69) is 29.2 Å². The number of rotatable bonds is 3. The molecule has 0 N–H and O–H groups in total. The first-order valence-corrected chi connectivity index (χ1v) is 7.28. The Morgan fingerprint density at radius 2 is 2.20 bits per heavy atom. The van der Waals surface area contributed by atoms with Gasteiger partial charge >= 0.3 is 5.97 Å². The van der Waals surface area contributed by atoms with E-state index in [0.717, 1.165) is 25.8 Å². The fraction of sp³-hybridized carbons (Fsp3) is 0.562. The Morgan fingerprint density at radius 1 is 1.40 bits per heavy atom. The molecule has 2 fully saturated rings. The summed E-state index contributed by atoms with van der Waals surface area (Å²) in [5.41, 5.74) is 0.812. The van der Waals surface area contributed by atoms with E-state index in [-0.39, 0.29) is 12.0 Å². The summed E-state index contributed by atoms with van der Waals surface area (Å²) in [5, 5.41) is 0. The number of ether oxygens (including phenoxy) is 2. The predicted octanol–water partition coefficient (Wildman–Crippen LogP) is 2.50. The van der Waals surface area contributed by atoms with Gasteiger partial charge in [-0.2, -0.15) is 0 Å². The zero-order chi connectivity index (χ0) is 14.0. The number of hydrogen-bond acceptors (Lipinski definition) is 4. The van der Waals surface area contributed by atoms with Crippen LogP contribution in [0.3, 0.4) is 0 Å². The van der Waals surface area contributed by atoms with Crippen molar-refractivity contribution in [2.45, 2.75) is 37.5 Å². The summed E-state index contributed by atoms with van der Waals surface area (Å²) in [6, 6.07) is 10.7. The van der Waals surface area contributed by atoms with Crippen LogP contribution in [0, 0.1) is 0 Å². The minimum absolute atomic E-state index is 0.189. The number of carbonyl (C=O) groups is 1. The molecule has 0 aromatic heterocycles. The standard InChI is InChI=1S/C16H21NO3/c1-19-15(18)11-16-9-5-6-10-17(16)14(12-20-16)13-7-3-2-4-8-13/h2-4,7-8,14H,5-6,9-12H2,1H3/t14-,16?/m1/s1. The first-order valence-electron chi connectivity index (χ1n) is 7.28. The summed E-state index contributed by atoms with van der Waals surface area (Å²) in [6.07, 6.45) is 3.50. The van der Waals surface area contributed by atoms with Crippen LogP contribution in [0.25, 0.3) is 0 Å². The van der Waals surface area contributed by atoms with Crippen LogP contribution in [-0.2, 0) is 14.3 Å². The Kier molecular flexibility index (Phi) is 3.76. The lowest BCUT2D eigenvalue weighted by Gasteiger charge is -2.42. The van der Waals surface area contributed by atoms with Crippen molar-refractivity contribution in [3.05, 3.63) is 35.9 Å². The highest BCUT2D eigenvalue weighted by atomic mass is 16.5. The minimum Gasteiger partial charge on any atom is -0.469 e. The fourth-order valence-electron chi connectivity index (χ4n) is 3.44. The summed E-state index contributed by atoms with van der Waals surface area (Å²) < 4.78 is 11.0. The summed E-state index contributed by atoms with van der Waals surface area (Å²) in [7, 11) is 1.44. The second-order valence-corrected chi connectivity index (χ2v) is 5.59. The van der Waals surface area contributed by atoms with E-state index in [4.69, 9.17) is 9.47 Å². The molecule has 0 bridgehead atoms. The van der Waals surface area contributed by atoms with E-state index >= 15 is 0 Å². The number of hydrogen-bond donors (Lipinski definition) is 0. The number of carbonyl (C=O) groups excluding carboxylic acids is 1. The Balaban J connectivity index is 1.85. The zero-order valence-corrected chi connectivity index (χ0v) is 11.9. The molecule has 0 spiro atoms. The summed E-state index contributed by atoms with van der Waals surface area (Å²) in [4.78, 5) is 14.1. The third kappa shape index (κ3) is 2.34. The monoisotopic (exact) mass is 275 g/mol. The topological polar surface area (TPSA) is 38.8 Å². The van der Waals surface area contributed by atoms with Crippen molar-refractivity contribution in [2.24, 2.45) is 0 Å². The maximum atomic E-state index is 11.7. The van der Waals surface area contributed by atoms with Crippen molar-refractivity contribution in [1.29, 1.82) is 0 Å². The third-order valence-corrected chi connectivity index (χ3v) is 4.46. The van der Waals surface area contributed by atoms with Gasteiger partial charge in [-0.1, -0.05) is 30.3 Å². The lowest BCUT2D eigenvalue weighted by Crippen LogP contribution is -2.50. The first-order chi connectivity index (χ1) is 9.75. The van der Waals surface area contributed by atoms with Gasteiger partial charge in [-0.05, 0) is 24.8 Å². The average Bonchev–Trinajstić information content (AvgIpc) is 2.87. The Morgan fingerprint density at radius 3 is 2.95 bits per heavy atom. The van der Waals surface area contributed by atoms with Gasteiger partial charge < -0.3 is 9.47 Å². The van der Waals surface area contributed by atoms with E-state index in [0.29, 0.717) is 13.0 Å². The molecule has 0 saturated carbocycles. The van der Waals surface area contributed by atoms with Gasteiger partial charge in [0.25, 0.3) is 0 Å². The number of benzene rings is 1. The molecule has 1 aromatic carbocycles. The second kappa shape index (κ2) is 5.54. The van der Waals surface area contributed by atoms with Crippen LogP contribution in [0.2, 0.25) is 0 Å². The van der Waals surface area contributed by atoms with Gasteiger partial charge in [0.1, 0.15) is 5.72 Å². The molecule has 108 valence electrons.